The van der Waals surface area contributed by atoms with Gasteiger partial charge in [-0.05, 0) is 42.3 Å². The van der Waals surface area contributed by atoms with Crippen molar-refractivity contribution in [1.29, 1.82) is 0 Å². The van der Waals surface area contributed by atoms with Crippen molar-refractivity contribution >= 4 is 15.9 Å². The number of sulfonamides is 1. The minimum atomic E-state index is -3.73. The average Bonchev–Trinajstić information content (AvgIpc) is 2.72. The van der Waals surface area contributed by atoms with Gasteiger partial charge in [-0.15, -0.1) is 0 Å². The number of benzene rings is 2. The molecular formula is C21H27N3O4S. The summed E-state index contributed by atoms with van der Waals surface area (Å²) in [6.07, 6.45) is 0. The molecule has 1 aliphatic rings. The molecule has 8 heteroatoms. The number of nitrogens with two attached hydrogens (primary N) is 1. The van der Waals surface area contributed by atoms with Gasteiger partial charge in [0.05, 0.1) is 24.2 Å². The van der Waals surface area contributed by atoms with Crippen molar-refractivity contribution in [3.8, 4) is 0 Å². The number of morpholine rings is 1. The molecule has 0 spiro atoms. The van der Waals surface area contributed by atoms with Crippen LogP contribution < -0.4 is 5.14 Å². The molecule has 1 saturated heterocycles. The molecule has 3 rings (SSSR count). The van der Waals surface area contributed by atoms with Crippen LogP contribution >= 0.6 is 0 Å². The number of rotatable bonds is 6. The first-order chi connectivity index (χ1) is 13.8. The highest BCUT2D eigenvalue weighted by molar-refractivity contribution is 7.89. The average molecular weight is 418 g/mol. The molecule has 1 amide bonds. The first-order valence-electron chi connectivity index (χ1n) is 9.54. The number of ether oxygens (including phenoxy) is 1. The summed E-state index contributed by atoms with van der Waals surface area (Å²) in [5.74, 6) is -0.0862. The molecule has 1 fully saturated rings. The van der Waals surface area contributed by atoms with E-state index in [0.29, 0.717) is 5.56 Å². The molecule has 29 heavy (non-hydrogen) atoms. The SMILES string of the molecule is CC(c1ccc(S(N)(=O)=O)cc1)N(C)C(=O)c1cccc(CN2CCOCC2)c1. The second-order valence-corrected chi connectivity index (χ2v) is 8.86. The van der Waals surface area contributed by atoms with E-state index < -0.39 is 10.0 Å². The summed E-state index contributed by atoms with van der Waals surface area (Å²) in [5, 5.41) is 5.15. The zero-order valence-corrected chi connectivity index (χ0v) is 17.6. The van der Waals surface area contributed by atoms with Gasteiger partial charge in [-0.2, -0.15) is 0 Å². The Labute approximate surface area is 172 Å². The van der Waals surface area contributed by atoms with Gasteiger partial charge in [0, 0.05) is 32.2 Å². The van der Waals surface area contributed by atoms with Crippen molar-refractivity contribution in [2.45, 2.75) is 24.4 Å². The molecule has 1 heterocycles. The summed E-state index contributed by atoms with van der Waals surface area (Å²) in [5.41, 5.74) is 2.56. The highest BCUT2D eigenvalue weighted by Crippen LogP contribution is 2.22. The van der Waals surface area contributed by atoms with Crippen LogP contribution in [0.15, 0.2) is 53.4 Å². The summed E-state index contributed by atoms with van der Waals surface area (Å²) in [7, 11) is -1.99. The maximum atomic E-state index is 13.0. The van der Waals surface area contributed by atoms with Gasteiger partial charge in [0.25, 0.3) is 5.91 Å². The van der Waals surface area contributed by atoms with Gasteiger partial charge in [0.2, 0.25) is 10.0 Å². The van der Waals surface area contributed by atoms with E-state index in [9.17, 15) is 13.2 Å². The molecule has 1 atom stereocenters. The smallest absolute Gasteiger partial charge is 0.254 e. The van der Waals surface area contributed by atoms with Crippen LogP contribution in [0.5, 0.6) is 0 Å². The van der Waals surface area contributed by atoms with Crippen molar-refractivity contribution in [1.82, 2.24) is 9.80 Å². The highest BCUT2D eigenvalue weighted by atomic mass is 32.2. The Hall–Kier alpha value is -2.26. The van der Waals surface area contributed by atoms with Crippen molar-refractivity contribution < 1.29 is 17.9 Å². The molecular weight excluding hydrogens is 390 g/mol. The van der Waals surface area contributed by atoms with Crippen LogP contribution in [0.1, 0.15) is 34.5 Å². The largest absolute Gasteiger partial charge is 0.379 e. The van der Waals surface area contributed by atoms with Crippen LogP contribution in [0.2, 0.25) is 0 Å². The number of nitrogens with zero attached hydrogens (tertiary/aromatic N) is 2. The summed E-state index contributed by atoms with van der Waals surface area (Å²) in [4.78, 5) is 17.0. The molecule has 0 aliphatic carbocycles. The molecule has 1 aliphatic heterocycles. The van der Waals surface area contributed by atoms with Gasteiger partial charge in [0.15, 0.2) is 0 Å². The van der Waals surface area contributed by atoms with Crippen LogP contribution in [0.3, 0.4) is 0 Å². The van der Waals surface area contributed by atoms with Gasteiger partial charge in [0.1, 0.15) is 0 Å². The van der Waals surface area contributed by atoms with Crippen LogP contribution in [-0.4, -0.2) is 57.5 Å². The highest BCUT2D eigenvalue weighted by Gasteiger charge is 2.20. The van der Waals surface area contributed by atoms with Gasteiger partial charge < -0.3 is 9.64 Å². The van der Waals surface area contributed by atoms with E-state index in [2.05, 4.69) is 4.90 Å². The van der Waals surface area contributed by atoms with E-state index in [-0.39, 0.29) is 16.8 Å². The molecule has 7 nitrogen and oxygen atoms in total. The number of carbonyl (C=O) groups is 1. The second-order valence-electron chi connectivity index (χ2n) is 7.29. The fraction of sp³-hybridized carbons (Fsp3) is 0.381. The van der Waals surface area contributed by atoms with Crippen molar-refractivity contribution in [2.75, 3.05) is 33.4 Å². The lowest BCUT2D eigenvalue weighted by molar-refractivity contribution is 0.0341. The topological polar surface area (TPSA) is 92.9 Å². The quantitative estimate of drug-likeness (QED) is 0.776. The zero-order valence-electron chi connectivity index (χ0n) is 16.7. The normalized spacial score (nSPS) is 16.4. The second kappa shape index (κ2) is 9.04. The van der Waals surface area contributed by atoms with E-state index in [1.165, 1.54) is 12.1 Å². The van der Waals surface area contributed by atoms with E-state index in [4.69, 9.17) is 9.88 Å². The molecule has 2 aromatic rings. The van der Waals surface area contributed by atoms with Crippen molar-refractivity contribution in [2.24, 2.45) is 5.14 Å². The maximum absolute atomic E-state index is 13.0. The number of hydrogen-bond donors (Lipinski definition) is 1. The lowest BCUT2D eigenvalue weighted by Crippen LogP contribution is -2.35. The lowest BCUT2D eigenvalue weighted by Gasteiger charge is -2.27. The number of primary sulfonamides is 1. The molecule has 0 aromatic heterocycles. The summed E-state index contributed by atoms with van der Waals surface area (Å²) >= 11 is 0. The molecule has 156 valence electrons. The number of amides is 1. The Balaban J connectivity index is 1.71. The summed E-state index contributed by atoms with van der Waals surface area (Å²) in [6.45, 7) is 5.96. The molecule has 0 saturated carbocycles. The monoisotopic (exact) mass is 417 g/mol. The van der Waals surface area contributed by atoms with Crippen LogP contribution in [0.4, 0.5) is 0 Å². The Morgan fingerprint density at radius 2 is 1.83 bits per heavy atom. The Morgan fingerprint density at radius 3 is 2.45 bits per heavy atom. The van der Waals surface area contributed by atoms with Gasteiger partial charge in [-0.25, -0.2) is 13.6 Å². The number of carbonyl (C=O) groups excluding carboxylic acids is 1. The predicted octanol–water partition coefficient (Wildman–Crippen LogP) is 2.00. The van der Waals surface area contributed by atoms with Gasteiger partial charge in [-0.3, -0.25) is 9.69 Å². The molecule has 2 N–H and O–H groups in total. The Bertz CT molecular complexity index is 954. The van der Waals surface area contributed by atoms with E-state index in [0.717, 1.165) is 44.0 Å². The third kappa shape index (κ3) is 5.42. The fourth-order valence-electron chi connectivity index (χ4n) is 3.36. The molecule has 1 unspecified atom stereocenters. The molecule has 2 aromatic carbocycles. The third-order valence-corrected chi connectivity index (χ3v) is 6.21. The van der Waals surface area contributed by atoms with E-state index in [1.807, 2.05) is 31.2 Å². The standard InChI is InChI=1S/C21H27N3O4S/c1-16(18-6-8-20(9-7-18)29(22,26)27)23(2)21(25)19-5-3-4-17(14-19)15-24-10-12-28-13-11-24/h3-9,14,16H,10-13,15H2,1-2H3,(H2,22,26,27). The molecule has 0 radical (unpaired) electrons. The van der Waals surface area contributed by atoms with Crippen LogP contribution in [0.25, 0.3) is 0 Å². The van der Waals surface area contributed by atoms with E-state index in [1.54, 1.807) is 24.1 Å². The minimum Gasteiger partial charge on any atom is -0.379 e. The van der Waals surface area contributed by atoms with Crippen LogP contribution in [-0.2, 0) is 21.3 Å². The number of hydrogen-bond acceptors (Lipinski definition) is 5. The van der Waals surface area contributed by atoms with Crippen molar-refractivity contribution in [3.05, 3.63) is 65.2 Å². The Morgan fingerprint density at radius 1 is 1.17 bits per heavy atom. The molecule has 0 bridgehead atoms. The fourth-order valence-corrected chi connectivity index (χ4v) is 3.87. The zero-order chi connectivity index (χ0) is 21.0. The van der Waals surface area contributed by atoms with E-state index >= 15 is 0 Å². The van der Waals surface area contributed by atoms with Gasteiger partial charge in [-0.1, -0.05) is 24.3 Å². The summed E-state index contributed by atoms with van der Waals surface area (Å²) < 4.78 is 28.2. The predicted molar refractivity (Wildman–Crippen MR) is 111 cm³/mol. The maximum Gasteiger partial charge on any atom is 0.254 e. The summed E-state index contributed by atoms with van der Waals surface area (Å²) in [6, 6.07) is 13.8. The third-order valence-electron chi connectivity index (χ3n) is 5.28. The first-order valence-corrected chi connectivity index (χ1v) is 11.1. The Kier molecular flexibility index (Phi) is 6.69. The van der Waals surface area contributed by atoms with Crippen molar-refractivity contribution in [3.63, 3.8) is 0 Å². The van der Waals surface area contributed by atoms with Crippen LogP contribution in [0, 0.1) is 0 Å². The van der Waals surface area contributed by atoms with Gasteiger partial charge >= 0.3 is 0 Å². The first kappa shape index (κ1) is 21.4. The lowest BCUT2D eigenvalue weighted by atomic mass is 10.0. The minimum absolute atomic E-state index is 0.0539.